The van der Waals surface area contributed by atoms with E-state index in [-0.39, 0.29) is 23.8 Å². The lowest BCUT2D eigenvalue weighted by atomic mass is 10.0. The van der Waals surface area contributed by atoms with Gasteiger partial charge in [0.15, 0.2) is 5.82 Å². The molecule has 1 saturated heterocycles. The zero-order chi connectivity index (χ0) is 18.0. The Morgan fingerprint density at radius 1 is 1.28 bits per heavy atom. The van der Waals surface area contributed by atoms with Crippen molar-refractivity contribution in [3.8, 4) is 0 Å². The number of hydrogen-bond donors (Lipinski definition) is 2. The van der Waals surface area contributed by atoms with Gasteiger partial charge in [0.05, 0.1) is 6.04 Å². The highest BCUT2D eigenvalue weighted by molar-refractivity contribution is 5.97. The third kappa shape index (κ3) is 3.70. The molecule has 2 aromatic rings. The SMILES string of the molecule is Cc1nc([C@H](NC(=O)c2ccc(N3CCCC3=O)cc2)C(C)C)n[nH]1. The van der Waals surface area contributed by atoms with E-state index in [1.807, 2.05) is 32.9 Å². The normalized spacial score (nSPS) is 15.7. The van der Waals surface area contributed by atoms with Crippen LogP contribution in [0.3, 0.4) is 0 Å². The molecule has 1 atom stereocenters. The second kappa shape index (κ2) is 7.04. The van der Waals surface area contributed by atoms with Gasteiger partial charge in [-0.2, -0.15) is 5.10 Å². The van der Waals surface area contributed by atoms with E-state index in [2.05, 4.69) is 20.5 Å². The molecule has 2 amide bonds. The van der Waals surface area contributed by atoms with Crippen LogP contribution < -0.4 is 10.2 Å². The number of nitrogens with one attached hydrogen (secondary N) is 2. The molecule has 1 aliphatic rings. The van der Waals surface area contributed by atoms with Gasteiger partial charge in [0.1, 0.15) is 5.82 Å². The monoisotopic (exact) mass is 341 g/mol. The van der Waals surface area contributed by atoms with Crippen LogP contribution in [-0.2, 0) is 4.79 Å². The first-order valence-electron chi connectivity index (χ1n) is 8.56. The number of benzene rings is 1. The summed E-state index contributed by atoms with van der Waals surface area (Å²) in [6.07, 6.45) is 1.47. The van der Waals surface area contributed by atoms with Crippen molar-refractivity contribution in [1.82, 2.24) is 20.5 Å². The van der Waals surface area contributed by atoms with Crippen LogP contribution in [-0.4, -0.2) is 33.5 Å². The van der Waals surface area contributed by atoms with E-state index in [1.165, 1.54) is 0 Å². The number of hydrogen-bond acceptors (Lipinski definition) is 4. The topological polar surface area (TPSA) is 91.0 Å². The van der Waals surface area contributed by atoms with Crippen molar-refractivity contribution in [1.29, 1.82) is 0 Å². The molecule has 0 bridgehead atoms. The lowest BCUT2D eigenvalue weighted by molar-refractivity contribution is -0.117. The van der Waals surface area contributed by atoms with E-state index in [1.54, 1.807) is 17.0 Å². The van der Waals surface area contributed by atoms with Gasteiger partial charge in [-0.15, -0.1) is 0 Å². The Kier molecular flexibility index (Phi) is 4.83. The molecule has 0 spiro atoms. The second-order valence-electron chi connectivity index (χ2n) is 6.67. The molecule has 132 valence electrons. The molecule has 1 aromatic heterocycles. The van der Waals surface area contributed by atoms with Gasteiger partial charge in [-0.05, 0) is 43.5 Å². The van der Waals surface area contributed by atoms with Crippen molar-refractivity contribution in [2.75, 3.05) is 11.4 Å². The standard InChI is InChI=1S/C18H23N5O2/c1-11(2)16(17-19-12(3)21-22-17)20-18(25)13-6-8-14(9-7-13)23-10-4-5-15(23)24/h6-9,11,16H,4-5,10H2,1-3H3,(H,20,25)(H,19,21,22)/t16-/m1/s1. The molecule has 0 unspecified atom stereocenters. The van der Waals surface area contributed by atoms with Crippen LogP contribution in [0.5, 0.6) is 0 Å². The molecule has 1 aromatic carbocycles. The van der Waals surface area contributed by atoms with Crippen LogP contribution in [0.4, 0.5) is 5.69 Å². The fourth-order valence-corrected chi connectivity index (χ4v) is 2.97. The third-order valence-electron chi connectivity index (χ3n) is 4.36. The zero-order valence-corrected chi connectivity index (χ0v) is 14.7. The minimum Gasteiger partial charge on any atom is -0.342 e. The van der Waals surface area contributed by atoms with Gasteiger partial charge in [0, 0.05) is 24.2 Å². The number of rotatable bonds is 5. The molecule has 1 aliphatic heterocycles. The van der Waals surface area contributed by atoms with Gasteiger partial charge < -0.3 is 10.2 Å². The second-order valence-corrected chi connectivity index (χ2v) is 6.67. The Morgan fingerprint density at radius 2 is 2.00 bits per heavy atom. The number of aryl methyl sites for hydroxylation is 1. The quantitative estimate of drug-likeness (QED) is 0.873. The summed E-state index contributed by atoms with van der Waals surface area (Å²) >= 11 is 0. The summed E-state index contributed by atoms with van der Waals surface area (Å²) in [5.74, 6) is 1.41. The molecular formula is C18H23N5O2. The van der Waals surface area contributed by atoms with Crippen LogP contribution in [0.25, 0.3) is 0 Å². The summed E-state index contributed by atoms with van der Waals surface area (Å²) in [5, 5.41) is 9.97. The summed E-state index contributed by atoms with van der Waals surface area (Å²) < 4.78 is 0. The predicted molar refractivity (Wildman–Crippen MR) is 94.2 cm³/mol. The number of anilines is 1. The fourth-order valence-electron chi connectivity index (χ4n) is 2.97. The highest BCUT2D eigenvalue weighted by Crippen LogP contribution is 2.23. The Balaban J connectivity index is 1.72. The van der Waals surface area contributed by atoms with Gasteiger partial charge >= 0.3 is 0 Å². The van der Waals surface area contributed by atoms with E-state index in [0.717, 1.165) is 24.5 Å². The number of carbonyl (C=O) groups excluding carboxylic acids is 2. The Bertz CT molecular complexity index is 766. The van der Waals surface area contributed by atoms with E-state index in [9.17, 15) is 9.59 Å². The Labute approximate surface area is 146 Å². The third-order valence-corrected chi connectivity index (χ3v) is 4.36. The summed E-state index contributed by atoms with van der Waals surface area (Å²) in [4.78, 5) is 30.5. The average Bonchev–Trinajstić information content (AvgIpc) is 3.20. The molecule has 2 N–H and O–H groups in total. The van der Waals surface area contributed by atoms with Crippen LogP contribution in [0.2, 0.25) is 0 Å². The first-order chi connectivity index (χ1) is 12.0. The molecule has 3 rings (SSSR count). The molecule has 7 heteroatoms. The highest BCUT2D eigenvalue weighted by atomic mass is 16.2. The van der Waals surface area contributed by atoms with Gasteiger partial charge in [-0.1, -0.05) is 13.8 Å². The van der Waals surface area contributed by atoms with Crippen molar-refractivity contribution < 1.29 is 9.59 Å². The van der Waals surface area contributed by atoms with E-state index in [4.69, 9.17) is 0 Å². The van der Waals surface area contributed by atoms with Crippen molar-refractivity contribution in [3.05, 3.63) is 41.5 Å². The number of nitrogens with zero attached hydrogens (tertiary/aromatic N) is 3. The number of amides is 2. The minimum atomic E-state index is -0.266. The van der Waals surface area contributed by atoms with Crippen LogP contribution >= 0.6 is 0 Å². The predicted octanol–water partition coefficient (Wildman–Crippen LogP) is 2.37. The summed E-state index contributed by atoms with van der Waals surface area (Å²) in [5.41, 5.74) is 1.39. The molecule has 2 heterocycles. The van der Waals surface area contributed by atoms with E-state index in [0.29, 0.717) is 17.8 Å². The number of aromatic nitrogens is 3. The maximum Gasteiger partial charge on any atom is 0.251 e. The van der Waals surface area contributed by atoms with Crippen molar-refractivity contribution >= 4 is 17.5 Å². The van der Waals surface area contributed by atoms with Crippen LogP contribution in [0.15, 0.2) is 24.3 Å². The molecule has 1 fully saturated rings. The summed E-state index contributed by atoms with van der Waals surface area (Å²) in [6.45, 7) is 6.59. The largest absolute Gasteiger partial charge is 0.342 e. The minimum absolute atomic E-state index is 0.136. The highest BCUT2D eigenvalue weighted by Gasteiger charge is 2.24. The van der Waals surface area contributed by atoms with E-state index >= 15 is 0 Å². The smallest absolute Gasteiger partial charge is 0.251 e. The molecule has 7 nitrogen and oxygen atoms in total. The van der Waals surface area contributed by atoms with Crippen LogP contribution in [0, 0.1) is 12.8 Å². The average molecular weight is 341 g/mol. The summed E-state index contributed by atoms with van der Waals surface area (Å²) in [6, 6.07) is 6.87. The van der Waals surface area contributed by atoms with Gasteiger partial charge in [-0.25, -0.2) is 4.98 Å². The van der Waals surface area contributed by atoms with Crippen molar-refractivity contribution in [3.63, 3.8) is 0 Å². The number of H-pyrrole nitrogens is 1. The summed E-state index contributed by atoms with van der Waals surface area (Å²) in [7, 11) is 0. The number of carbonyl (C=O) groups is 2. The molecular weight excluding hydrogens is 318 g/mol. The van der Waals surface area contributed by atoms with Crippen LogP contribution in [0.1, 0.15) is 54.7 Å². The van der Waals surface area contributed by atoms with Gasteiger partial charge in [-0.3, -0.25) is 14.7 Å². The first-order valence-corrected chi connectivity index (χ1v) is 8.56. The van der Waals surface area contributed by atoms with Gasteiger partial charge in [0.25, 0.3) is 5.91 Å². The Morgan fingerprint density at radius 3 is 2.52 bits per heavy atom. The van der Waals surface area contributed by atoms with E-state index < -0.39 is 0 Å². The zero-order valence-electron chi connectivity index (χ0n) is 14.7. The van der Waals surface area contributed by atoms with Crippen molar-refractivity contribution in [2.45, 2.75) is 39.7 Å². The first kappa shape index (κ1) is 17.1. The number of aromatic amines is 1. The van der Waals surface area contributed by atoms with Crippen molar-refractivity contribution in [2.24, 2.45) is 5.92 Å². The Hall–Kier alpha value is -2.70. The lowest BCUT2D eigenvalue weighted by Gasteiger charge is -2.20. The van der Waals surface area contributed by atoms with Gasteiger partial charge in [0.2, 0.25) is 5.91 Å². The molecule has 25 heavy (non-hydrogen) atoms. The maximum atomic E-state index is 12.6. The molecule has 0 radical (unpaired) electrons. The molecule has 0 saturated carbocycles. The molecule has 0 aliphatic carbocycles. The lowest BCUT2D eigenvalue weighted by Crippen LogP contribution is -2.32. The maximum absolute atomic E-state index is 12.6. The fraction of sp³-hybridized carbons (Fsp3) is 0.444.